The molecule has 2 atom stereocenters. The molecule has 130 valence electrons. The molecule has 1 N–H and O–H groups in total. The fourth-order valence-electron chi connectivity index (χ4n) is 3.06. The van der Waals surface area contributed by atoms with Gasteiger partial charge < -0.3 is 0 Å². The van der Waals surface area contributed by atoms with Crippen molar-refractivity contribution in [3.05, 3.63) is 53.1 Å². The molecule has 1 aliphatic rings. The van der Waals surface area contributed by atoms with E-state index in [-0.39, 0.29) is 0 Å². The van der Waals surface area contributed by atoms with Gasteiger partial charge in [0.15, 0.2) is 5.82 Å². The van der Waals surface area contributed by atoms with Gasteiger partial charge in [0, 0.05) is 35.9 Å². The van der Waals surface area contributed by atoms with Gasteiger partial charge in [0.25, 0.3) is 0 Å². The molecule has 1 aromatic carbocycles. The van der Waals surface area contributed by atoms with Crippen LogP contribution in [0.1, 0.15) is 30.4 Å². The molecular formula is C18H19F2N5. The minimum absolute atomic E-state index is 0.350. The Labute approximate surface area is 144 Å². The van der Waals surface area contributed by atoms with Crippen LogP contribution in [0.15, 0.2) is 24.4 Å². The molecule has 1 aliphatic carbocycles. The van der Waals surface area contributed by atoms with Gasteiger partial charge in [-0.25, -0.2) is 18.4 Å². The number of rotatable bonds is 5. The molecule has 3 aromatic rings. The molecule has 1 saturated carbocycles. The molecule has 2 aromatic heterocycles. The lowest BCUT2D eigenvalue weighted by atomic mass is 10.2. The third-order valence-corrected chi connectivity index (χ3v) is 4.84. The fourth-order valence-corrected chi connectivity index (χ4v) is 3.06. The molecule has 7 heteroatoms. The van der Waals surface area contributed by atoms with Crippen LogP contribution < -0.4 is 0 Å². The third kappa shape index (κ3) is 3.31. The summed E-state index contributed by atoms with van der Waals surface area (Å²) in [6.45, 7) is 4.94. The Morgan fingerprint density at radius 1 is 1.24 bits per heavy atom. The summed E-state index contributed by atoms with van der Waals surface area (Å²) in [7, 11) is 0. The van der Waals surface area contributed by atoms with Gasteiger partial charge in [-0.15, -0.1) is 0 Å². The minimum Gasteiger partial charge on any atom is -0.283 e. The Kier molecular flexibility index (Phi) is 3.86. The van der Waals surface area contributed by atoms with Crippen molar-refractivity contribution in [2.45, 2.75) is 33.2 Å². The number of hydrogen-bond acceptors (Lipinski definition) is 3. The lowest BCUT2D eigenvalue weighted by Gasteiger charge is -2.04. The molecule has 0 amide bonds. The highest BCUT2D eigenvalue weighted by Crippen LogP contribution is 2.39. The molecule has 5 nitrogen and oxygen atoms in total. The van der Waals surface area contributed by atoms with Gasteiger partial charge in [-0.1, -0.05) is 6.92 Å². The Balaban J connectivity index is 1.70. The molecule has 1 fully saturated rings. The van der Waals surface area contributed by atoms with Crippen molar-refractivity contribution < 1.29 is 8.78 Å². The summed E-state index contributed by atoms with van der Waals surface area (Å²) < 4.78 is 28.9. The maximum atomic E-state index is 13.5. The summed E-state index contributed by atoms with van der Waals surface area (Å²) in [4.78, 5) is 4.56. The van der Waals surface area contributed by atoms with E-state index in [0.717, 1.165) is 29.7 Å². The van der Waals surface area contributed by atoms with Gasteiger partial charge >= 0.3 is 0 Å². The second kappa shape index (κ2) is 6.06. The van der Waals surface area contributed by atoms with Crippen molar-refractivity contribution in [3.8, 4) is 11.4 Å². The molecule has 2 unspecified atom stereocenters. The second-order valence-electron chi connectivity index (χ2n) is 6.86. The van der Waals surface area contributed by atoms with E-state index in [1.807, 2.05) is 11.6 Å². The SMILES string of the molecule is Cc1[nH]ncc1Cc1nc(-c2cc(F)cc(F)c2)nn1CC1CC1C. The predicted octanol–water partition coefficient (Wildman–Crippen LogP) is 3.50. The van der Waals surface area contributed by atoms with Gasteiger partial charge in [0.1, 0.15) is 17.5 Å². The summed E-state index contributed by atoms with van der Waals surface area (Å²) in [6, 6.07) is 3.37. The standard InChI is InChI=1S/C18H19F2N5/c1-10-3-14(10)9-25-17(6-13-8-21-23-11(13)2)22-18(24-25)12-4-15(19)7-16(20)5-12/h4-5,7-8,10,14H,3,6,9H2,1-2H3,(H,21,23). The Morgan fingerprint density at radius 3 is 2.56 bits per heavy atom. The van der Waals surface area contributed by atoms with Crippen LogP contribution in [0.2, 0.25) is 0 Å². The summed E-state index contributed by atoms with van der Waals surface area (Å²) in [6.07, 6.45) is 3.53. The summed E-state index contributed by atoms with van der Waals surface area (Å²) >= 11 is 0. The van der Waals surface area contributed by atoms with Crippen LogP contribution in [-0.2, 0) is 13.0 Å². The lowest BCUT2D eigenvalue weighted by Crippen LogP contribution is -2.08. The monoisotopic (exact) mass is 343 g/mol. The van der Waals surface area contributed by atoms with Crippen molar-refractivity contribution in [1.29, 1.82) is 0 Å². The number of hydrogen-bond donors (Lipinski definition) is 1. The Hall–Kier alpha value is -2.57. The zero-order valence-electron chi connectivity index (χ0n) is 14.1. The maximum absolute atomic E-state index is 13.5. The fraction of sp³-hybridized carbons (Fsp3) is 0.389. The van der Waals surface area contributed by atoms with E-state index in [1.54, 1.807) is 6.20 Å². The largest absolute Gasteiger partial charge is 0.283 e. The number of benzene rings is 1. The van der Waals surface area contributed by atoms with E-state index in [0.29, 0.717) is 29.6 Å². The second-order valence-corrected chi connectivity index (χ2v) is 6.86. The van der Waals surface area contributed by atoms with Gasteiger partial charge in [0.2, 0.25) is 0 Å². The van der Waals surface area contributed by atoms with E-state index in [2.05, 4.69) is 27.2 Å². The van der Waals surface area contributed by atoms with Crippen LogP contribution in [0, 0.1) is 30.4 Å². The molecule has 0 saturated heterocycles. The summed E-state index contributed by atoms with van der Waals surface area (Å²) in [5.74, 6) is 1.14. The highest BCUT2D eigenvalue weighted by Gasteiger charge is 2.33. The first-order valence-corrected chi connectivity index (χ1v) is 8.38. The minimum atomic E-state index is -0.630. The van der Waals surface area contributed by atoms with Crippen molar-refractivity contribution in [1.82, 2.24) is 25.0 Å². The first kappa shape index (κ1) is 15.9. The smallest absolute Gasteiger partial charge is 0.181 e. The molecule has 0 aliphatic heterocycles. The number of nitrogens with zero attached hydrogens (tertiary/aromatic N) is 4. The Bertz CT molecular complexity index is 894. The van der Waals surface area contributed by atoms with E-state index < -0.39 is 11.6 Å². The van der Waals surface area contributed by atoms with E-state index >= 15 is 0 Å². The molecular weight excluding hydrogens is 324 g/mol. The molecule has 0 spiro atoms. The van der Waals surface area contributed by atoms with Crippen molar-refractivity contribution in [2.75, 3.05) is 0 Å². The zero-order valence-corrected chi connectivity index (χ0v) is 14.1. The highest BCUT2D eigenvalue weighted by atomic mass is 19.1. The predicted molar refractivity (Wildman–Crippen MR) is 88.8 cm³/mol. The van der Waals surface area contributed by atoms with E-state index in [9.17, 15) is 8.78 Å². The van der Waals surface area contributed by atoms with Crippen LogP contribution in [0.4, 0.5) is 8.78 Å². The Morgan fingerprint density at radius 2 is 1.96 bits per heavy atom. The van der Waals surface area contributed by atoms with Crippen LogP contribution in [-0.4, -0.2) is 25.0 Å². The molecule has 2 heterocycles. The van der Waals surface area contributed by atoms with Crippen LogP contribution in [0.3, 0.4) is 0 Å². The first-order chi connectivity index (χ1) is 12.0. The number of aryl methyl sites for hydroxylation is 1. The third-order valence-electron chi connectivity index (χ3n) is 4.84. The van der Waals surface area contributed by atoms with Crippen molar-refractivity contribution in [3.63, 3.8) is 0 Å². The quantitative estimate of drug-likeness (QED) is 0.771. The first-order valence-electron chi connectivity index (χ1n) is 8.38. The molecule has 0 radical (unpaired) electrons. The highest BCUT2D eigenvalue weighted by molar-refractivity contribution is 5.54. The van der Waals surface area contributed by atoms with Crippen LogP contribution in [0.25, 0.3) is 11.4 Å². The van der Waals surface area contributed by atoms with Gasteiger partial charge in [0.05, 0.1) is 6.20 Å². The molecule has 25 heavy (non-hydrogen) atoms. The average molecular weight is 343 g/mol. The topological polar surface area (TPSA) is 59.4 Å². The lowest BCUT2D eigenvalue weighted by molar-refractivity contribution is 0.521. The number of aromatic amines is 1. The van der Waals surface area contributed by atoms with Crippen molar-refractivity contribution in [2.24, 2.45) is 11.8 Å². The number of H-pyrrole nitrogens is 1. The molecule has 0 bridgehead atoms. The van der Waals surface area contributed by atoms with Gasteiger partial charge in [-0.2, -0.15) is 10.2 Å². The maximum Gasteiger partial charge on any atom is 0.181 e. The normalized spacial score (nSPS) is 19.4. The van der Waals surface area contributed by atoms with Crippen LogP contribution in [0.5, 0.6) is 0 Å². The summed E-state index contributed by atoms with van der Waals surface area (Å²) in [5, 5.41) is 11.5. The van der Waals surface area contributed by atoms with E-state index in [4.69, 9.17) is 0 Å². The molecule has 4 rings (SSSR count). The van der Waals surface area contributed by atoms with Crippen molar-refractivity contribution >= 4 is 0 Å². The number of nitrogens with one attached hydrogen (secondary N) is 1. The zero-order chi connectivity index (χ0) is 17.6. The number of aromatic nitrogens is 5. The average Bonchev–Trinajstić information content (AvgIpc) is 2.92. The van der Waals surface area contributed by atoms with E-state index in [1.165, 1.54) is 18.6 Å². The van der Waals surface area contributed by atoms with Crippen LogP contribution >= 0.6 is 0 Å². The van der Waals surface area contributed by atoms with Gasteiger partial charge in [-0.05, 0) is 37.3 Å². The summed E-state index contributed by atoms with van der Waals surface area (Å²) in [5.41, 5.74) is 2.37. The van der Waals surface area contributed by atoms with Gasteiger partial charge in [-0.3, -0.25) is 5.10 Å². The number of halogens is 2.